The second-order valence-electron chi connectivity index (χ2n) is 7.17. The van der Waals surface area contributed by atoms with Crippen LogP contribution in [-0.2, 0) is 0 Å². The minimum Gasteiger partial charge on any atom is -0.384 e. The van der Waals surface area contributed by atoms with Gasteiger partial charge in [-0.2, -0.15) is 18.4 Å². The Balaban J connectivity index is 2.17. The molecule has 3 aliphatic carbocycles. The molecule has 2 N–H and O–H groups in total. The van der Waals surface area contributed by atoms with E-state index in [1.807, 2.05) is 0 Å². The summed E-state index contributed by atoms with van der Waals surface area (Å²) in [6.07, 6.45) is -6.81. The van der Waals surface area contributed by atoms with Crippen LogP contribution in [0.2, 0.25) is 0 Å². The number of rotatable bonds is 3. The van der Waals surface area contributed by atoms with Crippen LogP contribution >= 0.6 is 0 Å². The fraction of sp³-hybridized carbons (Fsp3) is 0.867. The summed E-state index contributed by atoms with van der Waals surface area (Å²) in [6.45, 7) is 5.74. The lowest BCUT2D eigenvalue weighted by Crippen LogP contribution is -2.65. The van der Waals surface area contributed by atoms with Crippen LogP contribution in [0.1, 0.15) is 40.0 Å². The molecule has 124 valence electrons. The molecule has 0 radical (unpaired) electrons. The number of fused-ring (bicyclic) bond motifs is 2. The molecular weight excluding hydrogens is 297 g/mol. The minimum absolute atomic E-state index is 0.00983. The molecule has 2 bridgehead atoms. The number of aliphatic hydroxyl groups is 2. The molecule has 7 heteroatoms. The highest BCUT2D eigenvalue weighted by molar-refractivity contribution is 5.94. The maximum Gasteiger partial charge on any atom is 0.414 e. The van der Waals surface area contributed by atoms with Gasteiger partial charge in [0, 0.05) is 12.1 Å². The zero-order valence-electron chi connectivity index (χ0n) is 12.9. The molecule has 0 amide bonds. The Hall–Kier alpha value is -1.13. The van der Waals surface area contributed by atoms with E-state index in [-0.39, 0.29) is 11.3 Å². The van der Waals surface area contributed by atoms with Crippen molar-refractivity contribution in [2.45, 2.75) is 64.0 Å². The zero-order valence-corrected chi connectivity index (χ0v) is 12.9. The lowest BCUT2D eigenvalue weighted by molar-refractivity contribution is -0.205. The van der Waals surface area contributed by atoms with E-state index in [4.69, 9.17) is 10.4 Å². The SMILES string of the molecule is CC1(C)[C@@H]2CC(=N[C@@H](C#N)C[C@@H](O)C(F)(F)F)[C@@](C)(O)[C@H]1C2. The number of halogens is 3. The van der Waals surface area contributed by atoms with Crippen molar-refractivity contribution in [2.75, 3.05) is 0 Å². The van der Waals surface area contributed by atoms with Crippen LogP contribution in [-0.4, -0.2) is 39.8 Å². The van der Waals surface area contributed by atoms with Crippen molar-refractivity contribution < 1.29 is 23.4 Å². The predicted molar refractivity (Wildman–Crippen MR) is 74.1 cm³/mol. The summed E-state index contributed by atoms with van der Waals surface area (Å²) in [7, 11) is 0. The van der Waals surface area contributed by atoms with Gasteiger partial charge in [-0.05, 0) is 37.0 Å². The van der Waals surface area contributed by atoms with Gasteiger partial charge in [-0.1, -0.05) is 13.8 Å². The van der Waals surface area contributed by atoms with Crippen molar-refractivity contribution in [3.05, 3.63) is 0 Å². The maximum absolute atomic E-state index is 12.4. The van der Waals surface area contributed by atoms with E-state index >= 15 is 0 Å². The van der Waals surface area contributed by atoms with Crippen LogP contribution in [0.25, 0.3) is 0 Å². The summed E-state index contributed by atoms with van der Waals surface area (Å²) in [4.78, 5) is 4.05. The third-order valence-electron chi connectivity index (χ3n) is 5.46. The monoisotopic (exact) mass is 318 g/mol. The van der Waals surface area contributed by atoms with E-state index in [9.17, 15) is 18.3 Å². The highest BCUT2D eigenvalue weighted by Gasteiger charge is 2.61. The summed E-state index contributed by atoms with van der Waals surface area (Å²) in [5.74, 6) is 0.313. The Kier molecular flexibility index (Phi) is 4.08. The average Bonchev–Trinajstić information content (AvgIpc) is 2.37. The summed E-state index contributed by atoms with van der Waals surface area (Å²) < 4.78 is 37.2. The highest BCUT2D eigenvalue weighted by Crippen LogP contribution is 2.61. The van der Waals surface area contributed by atoms with E-state index in [2.05, 4.69) is 18.8 Å². The van der Waals surface area contributed by atoms with Crippen molar-refractivity contribution in [1.82, 2.24) is 0 Å². The number of alkyl halides is 3. The molecule has 0 heterocycles. The van der Waals surface area contributed by atoms with Crippen LogP contribution in [0, 0.1) is 28.6 Å². The molecule has 3 fully saturated rings. The van der Waals surface area contributed by atoms with Gasteiger partial charge < -0.3 is 10.2 Å². The van der Waals surface area contributed by atoms with Gasteiger partial charge in [0.05, 0.1) is 6.07 Å². The zero-order chi connectivity index (χ0) is 16.9. The van der Waals surface area contributed by atoms with Gasteiger partial charge in [-0.15, -0.1) is 0 Å². The maximum atomic E-state index is 12.4. The Morgan fingerprint density at radius 2 is 2.00 bits per heavy atom. The molecule has 5 atom stereocenters. The summed E-state index contributed by atoms with van der Waals surface area (Å²) in [5.41, 5.74) is -0.860. The lowest BCUT2D eigenvalue weighted by Gasteiger charge is -2.62. The van der Waals surface area contributed by atoms with Crippen molar-refractivity contribution in [3.8, 4) is 6.07 Å². The molecular formula is C15H21F3N2O2. The molecule has 4 nitrogen and oxygen atoms in total. The summed E-state index contributed by atoms with van der Waals surface area (Å²) in [6, 6.07) is 0.375. The smallest absolute Gasteiger partial charge is 0.384 e. The first-order chi connectivity index (χ1) is 9.90. The van der Waals surface area contributed by atoms with Crippen molar-refractivity contribution >= 4 is 5.71 Å². The molecule has 3 aliphatic rings. The van der Waals surface area contributed by atoms with Crippen LogP contribution in [0.15, 0.2) is 4.99 Å². The summed E-state index contributed by atoms with van der Waals surface area (Å²) in [5, 5.41) is 28.8. The molecule has 3 rings (SSSR count). The van der Waals surface area contributed by atoms with Crippen molar-refractivity contribution in [1.29, 1.82) is 5.26 Å². The van der Waals surface area contributed by atoms with Gasteiger partial charge in [0.2, 0.25) is 0 Å². The van der Waals surface area contributed by atoms with Gasteiger partial charge in [0.25, 0.3) is 0 Å². The fourth-order valence-corrected chi connectivity index (χ4v) is 3.81. The van der Waals surface area contributed by atoms with Gasteiger partial charge in [0.15, 0.2) is 6.10 Å². The predicted octanol–water partition coefficient (Wildman–Crippen LogP) is 2.45. The number of aliphatic hydroxyl groups excluding tert-OH is 1. The Morgan fingerprint density at radius 1 is 1.41 bits per heavy atom. The quantitative estimate of drug-likeness (QED) is 0.839. The van der Waals surface area contributed by atoms with Gasteiger partial charge in [-0.25, -0.2) is 0 Å². The first-order valence-corrected chi connectivity index (χ1v) is 7.34. The number of nitriles is 1. The standard InChI is InChI=1S/C15H21F3N2O2/c1-13(2)8-4-10(13)14(3,22)11(5-8)20-9(7-19)6-12(21)15(16,17)18/h8-10,12,21-22H,4-6H2,1-3H3/t8-,9+,10-,12+,14-/m0/s1. The molecule has 3 saturated carbocycles. The number of aliphatic imine (C=N–C) groups is 1. The molecule has 0 aliphatic heterocycles. The Labute approximate surface area is 127 Å². The molecule has 0 aromatic heterocycles. The third kappa shape index (κ3) is 2.74. The van der Waals surface area contributed by atoms with E-state index in [1.165, 1.54) is 0 Å². The van der Waals surface area contributed by atoms with Crippen LogP contribution in [0.3, 0.4) is 0 Å². The second kappa shape index (κ2) is 5.20. The Morgan fingerprint density at radius 3 is 2.41 bits per heavy atom. The van der Waals surface area contributed by atoms with Gasteiger partial charge >= 0.3 is 6.18 Å². The van der Waals surface area contributed by atoms with Crippen LogP contribution < -0.4 is 0 Å². The molecule has 0 spiro atoms. The van der Waals surface area contributed by atoms with E-state index in [0.717, 1.165) is 6.42 Å². The van der Waals surface area contributed by atoms with E-state index < -0.39 is 30.3 Å². The lowest BCUT2D eigenvalue weighted by atomic mass is 9.44. The van der Waals surface area contributed by atoms with Gasteiger partial charge in [0.1, 0.15) is 11.6 Å². The topological polar surface area (TPSA) is 76.6 Å². The average molecular weight is 318 g/mol. The van der Waals surface area contributed by atoms with Crippen molar-refractivity contribution in [2.24, 2.45) is 22.2 Å². The largest absolute Gasteiger partial charge is 0.414 e. The fourth-order valence-electron chi connectivity index (χ4n) is 3.81. The van der Waals surface area contributed by atoms with Gasteiger partial charge in [-0.3, -0.25) is 4.99 Å². The minimum atomic E-state index is -4.77. The molecule has 0 unspecified atom stereocenters. The van der Waals surface area contributed by atoms with Crippen molar-refractivity contribution in [3.63, 3.8) is 0 Å². The summed E-state index contributed by atoms with van der Waals surface area (Å²) >= 11 is 0. The Bertz CT molecular complexity index is 520. The molecule has 0 aromatic carbocycles. The first kappa shape index (κ1) is 17.2. The molecule has 0 aromatic rings. The number of hydrogen-bond donors (Lipinski definition) is 2. The second-order valence-corrected chi connectivity index (χ2v) is 7.17. The van der Waals surface area contributed by atoms with E-state index in [1.54, 1.807) is 13.0 Å². The number of nitrogens with zero attached hydrogens (tertiary/aromatic N) is 2. The third-order valence-corrected chi connectivity index (χ3v) is 5.46. The first-order valence-electron chi connectivity index (χ1n) is 7.34. The van der Waals surface area contributed by atoms with Crippen LogP contribution in [0.5, 0.6) is 0 Å². The molecule has 22 heavy (non-hydrogen) atoms. The van der Waals surface area contributed by atoms with E-state index in [0.29, 0.717) is 18.1 Å². The normalized spacial score (nSPS) is 38.0. The molecule has 0 saturated heterocycles. The van der Waals surface area contributed by atoms with Crippen LogP contribution in [0.4, 0.5) is 13.2 Å². The number of hydrogen-bond acceptors (Lipinski definition) is 4. The highest BCUT2D eigenvalue weighted by atomic mass is 19.4.